The van der Waals surface area contributed by atoms with Crippen molar-refractivity contribution in [1.82, 2.24) is 0 Å². The summed E-state index contributed by atoms with van der Waals surface area (Å²) < 4.78 is 2.70. The molecule has 2 aliphatic carbocycles. The molecule has 0 bridgehead atoms. The molecule has 0 N–H and O–H groups in total. The van der Waals surface area contributed by atoms with Gasteiger partial charge in [0.25, 0.3) is 0 Å². The van der Waals surface area contributed by atoms with Crippen LogP contribution in [0.4, 0.5) is 0 Å². The Morgan fingerprint density at radius 3 is 2.50 bits per heavy atom. The summed E-state index contributed by atoms with van der Waals surface area (Å²) in [6.45, 7) is 7.16. The second-order valence-corrected chi connectivity index (χ2v) is 8.55. The van der Waals surface area contributed by atoms with Crippen LogP contribution in [0.3, 0.4) is 0 Å². The van der Waals surface area contributed by atoms with E-state index in [-0.39, 0.29) is 10.8 Å². The van der Waals surface area contributed by atoms with Crippen molar-refractivity contribution in [3.63, 3.8) is 0 Å². The predicted molar refractivity (Wildman–Crippen MR) is 94.3 cm³/mol. The van der Waals surface area contributed by atoms with Crippen LogP contribution in [0.25, 0.3) is 0 Å². The molecule has 0 amide bonds. The minimum absolute atomic E-state index is 0.165. The largest absolute Gasteiger partial charge is 0.0725 e. The third-order valence-electron chi connectivity index (χ3n) is 4.59. The van der Waals surface area contributed by atoms with Crippen molar-refractivity contribution < 1.29 is 0 Å². The summed E-state index contributed by atoms with van der Waals surface area (Å²) in [6, 6.07) is 6.93. The van der Waals surface area contributed by atoms with Crippen molar-refractivity contribution in [2.45, 2.75) is 31.6 Å². The van der Waals surface area contributed by atoms with Crippen molar-refractivity contribution in [3.8, 4) is 0 Å². The van der Waals surface area contributed by atoms with Gasteiger partial charge in [0.15, 0.2) is 0 Å². The maximum Gasteiger partial charge on any atom is 0.0181 e. The van der Waals surface area contributed by atoms with E-state index in [2.05, 4.69) is 102 Å². The number of rotatable bonds is 0. The van der Waals surface area contributed by atoms with E-state index in [1.165, 1.54) is 18.3 Å². The molecule has 94 valence electrons. The Morgan fingerprint density at radius 2 is 1.78 bits per heavy atom. The Balaban J connectivity index is 2.30. The summed E-state index contributed by atoms with van der Waals surface area (Å²) >= 11 is 4.85. The topological polar surface area (TPSA) is 0 Å². The first-order valence-corrected chi connectivity index (χ1v) is 8.38. The standard InChI is InChI=1S/C16H16I2/c1-15(2)13-8-10(17)4-5-12(13)16(3)7-6-11(18)9-14(15)16/h4-9,14H,1-3H3. The Morgan fingerprint density at radius 1 is 1.06 bits per heavy atom. The lowest BCUT2D eigenvalue weighted by molar-refractivity contribution is 0.324. The lowest BCUT2D eigenvalue weighted by atomic mass is 9.67. The van der Waals surface area contributed by atoms with E-state index < -0.39 is 0 Å². The van der Waals surface area contributed by atoms with Crippen LogP contribution < -0.4 is 0 Å². The van der Waals surface area contributed by atoms with Gasteiger partial charge in [-0.15, -0.1) is 0 Å². The number of halogens is 2. The molecule has 0 aliphatic heterocycles. The average molecular weight is 462 g/mol. The number of fused-ring (bicyclic) bond motifs is 3. The van der Waals surface area contributed by atoms with Gasteiger partial charge in [0.2, 0.25) is 0 Å². The zero-order valence-electron chi connectivity index (χ0n) is 10.8. The van der Waals surface area contributed by atoms with Crippen LogP contribution in [0, 0.1) is 9.49 Å². The highest BCUT2D eigenvalue weighted by Crippen LogP contribution is 2.57. The fourth-order valence-corrected chi connectivity index (χ4v) is 4.68. The first-order valence-electron chi connectivity index (χ1n) is 6.23. The highest BCUT2D eigenvalue weighted by Gasteiger charge is 2.52. The van der Waals surface area contributed by atoms with E-state index in [0.717, 1.165) is 0 Å². The summed E-state index contributed by atoms with van der Waals surface area (Å²) in [7, 11) is 0. The quantitative estimate of drug-likeness (QED) is 0.457. The Bertz CT molecular complexity index is 581. The van der Waals surface area contributed by atoms with Crippen molar-refractivity contribution in [1.29, 1.82) is 0 Å². The van der Waals surface area contributed by atoms with E-state index in [4.69, 9.17) is 0 Å². The van der Waals surface area contributed by atoms with Gasteiger partial charge in [-0.2, -0.15) is 0 Å². The van der Waals surface area contributed by atoms with Gasteiger partial charge in [-0.3, -0.25) is 0 Å². The summed E-state index contributed by atoms with van der Waals surface area (Å²) in [5, 5.41) is 0. The molecule has 0 saturated heterocycles. The molecule has 2 unspecified atom stereocenters. The number of benzene rings is 1. The molecule has 2 heteroatoms. The molecule has 0 nitrogen and oxygen atoms in total. The molecule has 2 aliphatic rings. The first kappa shape index (κ1) is 13.2. The molecule has 0 aromatic heterocycles. The fourth-order valence-electron chi connectivity index (χ4n) is 3.65. The van der Waals surface area contributed by atoms with Crippen molar-refractivity contribution >= 4 is 45.2 Å². The van der Waals surface area contributed by atoms with E-state index in [1.54, 1.807) is 0 Å². The predicted octanol–water partition coefficient (Wildman–Crippen LogP) is 5.35. The van der Waals surface area contributed by atoms with Crippen molar-refractivity contribution in [3.05, 3.63) is 54.7 Å². The lowest BCUT2D eigenvalue weighted by Gasteiger charge is -2.36. The summed E-state index contributed by atoms with van der Waals surface area (Å²) in [4.78, 5) is 0. The minimum Gasteiger partial charge on any atom is -0.0725 e. The highest BCUT2D eigenvalue weighted by molar-refractivity contribution is 14.1. The van der Waals surface area contributed by atoms with Crippen LogP contribution >= 0.6 is 45.2 Å². The van der Waals surface area contributed by atoms with Gasteiger partial charge in [-0.1, -0.05) is 45.1 Å². The molecule has 0 heterocycles. The lowest BCUT2D eigenvalue weighted by Crippen LogP contribution is -2.34. The number of hydrogen-bond acceptors (Lipinski definition) is 0. The Kier molecular flexibility index (Phi) is 2.98. The van der Waals surface area contributed by atoms with Crippen LogP contribution in [-0.4, -0.2) is 0 Å². The Labute approximate surface area is 136 Å². The smallest absolute Gasteiger partial charge is 0.0181 e. The molecule has 0 fully saturated rings. The van der Waals surface area contributed by atoms with Crippen LogP contribution in [0.2, 0.25) is 0 Å². The van der Waals surface area contributed by atoms with Gasteiger partial charge >= 0.3 is 0 Å². The molecule has 1 aromatic carbocycles. The van der Waals surface area contributed by atoms with Crippen molar-refractivity contribution in [2.24, 2.45) is 5.92 Å². The number of hydrogen-bond donors (Lipinski definition) is 0. The fraction of sp³-hybridized carbons (Fsp3) is 0.375. The maximum absolute atomic E-state index is 2.45. The maximum atomic E-state index is 2.45. The third kappa shape index (κ3) is 1.67. The van der Waals surface area contributed by atoms with Gasteiger partial charge in [-0.05, 0) is 73.9 Å². The van der Waals surface area contributed by atoms with Gasteiger partial charge in [-0.25, -0.2) is 0 Å². The van der Waals surface area contributed by atoms with E-state index in [1.807, 2.05) is 0 Å². The van der Waals surface area contributed by atoms with Gasteiger partial charge in [0.1, 0.15) is 0 Å². The molecule has 1 aromatic rings. The molecular weight excluding hydrogens is 446 g/mol. The van der Waals surface area contributed by atoms with Crippen molar-refractivity contribution in [2.75, 3.05) is 0 Å². The zero-order chi connectivity index (χ0) is 13.1. The third-order valence-corrected chi connectivity index (χ3v) is 5.98. The van der Waals surface area contributed by atoms with Crippen LogP contribution in [0.5, 0.6) is 0 Å². The SMILES string of the molecule is CC1(C)c2cc(I)ccc2C2(C)C=CC(I)=CC12. The molecule has 0 spiro atoms. The zero-order valence-corrected chi connectivity index (χ0v) is 15.1. The second kappa shape index (κ2) is 4.08. The molecule has 2 atom stereocenters. The summed E-state index contributed by atoms with van der Waals surface area (Å²) in [5.74, 6) is 0.565. The molecule has 0 radical (unpaired) electrons. The van der Waals surface area contributed by atoms with Gasteiger partial charge in [0.05, 0.1) is 0 Å². The summed E-state index contributed by atoms with van der Waals surface area (Å²) in [5.41, 5.74) is 3.41. The molecule has 3 rings (SSSR count). The van der Waals surface area contributed by atoms with Gasteiger partial charge in [0, 0.05) is 18.5 Å². The van der Waals surface area contributed by atoms with Crippen LogP contribution in [-0.2, 0) is 10.8 Å². The van der Waals surface area contributed by atoms with E-state index in [0.29, 0.717) is 5.92 Å². The van der Waals surface area contributed by atoms with Crippen LogP contribution in [0.1, 0.15) is 31.9 Å². The first-order chi connectivity index (χ1) is 8.35. The number of allylic oxidation sites excluding steroid dienone is 4. The monoisotopic (exact) mass is 462 g/mol. The Hall–Kier alpha value is 0.160. The molecule has 18 heavy (non-hydrogen) atoms. The highest BCUT2D eigenvalue weighted by atomic mass is 127. The summed E-state index contributed by atoms with van der Waals surface area (Å²) in [6.07, 6.45) is 7.12. The minimum atomic E-state index is 0.165. The van der Waals surface area contributed by atoms with Gasteiger partial charge < -0.3 is 0 Å². The van der Waals surface area contributed by atoms with Crippen LogP contribution in [0.15, 0.2) is 40.0 Å². The van der Waals surface area contributed by atoms with E-state index >= 15 is 0 Å². The molecule has 0 saturated carbocycles. The second-order valence-electron chi connectivity index (χ2n) is 6.06. The van der Waals surface area contributed by atoms with E-state index in [9.17, 15) is 0 Å². The molecular formula is C16H16I2. The normalized spacial score (nSPS) is 31.8. The average Bonchev–Trinajstić information content (AvgIpc) is 2.47.